The minimum absolute atomic E-state index is 0.110. The molecule has 0 spiro atoms. The second-order valence-corrected chi connectivity index (χ2v) is 4.17. The quantitative estimate of drug-likeness (QED) is 0.597. The van der Waals surface area contributed by atoms with E-state index in [0.717, 1.165) is 32.5 Å². The van der Waals surface area contributed by atoms with Gasteiger partial charge in [0.05, 0.1) is 24.9 Å². The summed E-state index contributed by atoms with van der Waals surface area (Å²) in [7, 11) is 0. The smallest absolute Gasteiger partial charge is 0.0953 e. The van der Waals surface area contributed by atoms with Gasteiger partial charge in [0.15, 0.2) is 0 Å². The van der Waals surface area contributed by atoms with Gasteiger partial charge in [0.2, 0.25) is 0 Å². The lowest BCUT2D eigenvalue weighted by atomic mass is 9.90. The lowest BCUT2D eigenvalue weighted by molar-refractivity contribution is -0.128. The largest absolute Gasteiger partial charge is 0.371 e. The van der Waals surface area contributed by atoms with Crippen LogP contribution in [0.2, 0.25) is 0 Å². The fourth-order valence-corrected chi connectivity index (χ4v) is 2.08. The highest BCUT2D eigenvalue weighted by atomic mass is 16.5. The summed E-state index contributed by atoms with van der Waals surface area (Å²) < 4.78 is 11.6. The highest BCUT2D eigenvalue weighted by Crippen LogP contribution is 2.30. The van der Waals surface area contributed by atoms with Gasteiger partial charge in [0.25, 0.3) is 0 Å². The van der Waals surface area contributed by atoms with Crippen molar-refractivity contribution in [3.05, 3.63) is 24.3 Å². The summed E-state index contributed by atoms with van der Waals surface area (Å²) >= 11 is 0. The molecule has 78 valence electrons. The first-order valence-corrected chi connectivity index (χ1v) is 5.37. The minimum atomic E-state index is -0.110. The van der Waals surface area contributed by atoms with Crippen LogP contribution in [0.3, 0.4) is 0 Å². The summed E-state index contributed by atoms with van der Waals surface area (Å²) in [5, 5.41) is 0. The van der Waals surface area contributed by atoms with E-state index in [1.807, 2.05) is 0 Å². The van der Waals surface area contributed by atoms with Crippen molar-refractivity contribution in [2.24, 2.45) is 0 Å². The van der Waals surface area contributed by atoms with Crippen LogP contribution in [0.5, 0.6) is 0 Å². The molecule has 2 heteroatoms. The Bertz CT molecular complexity index is 235. The Balaban J connectivity index is 2.01. The number of rotatable bonds is 1. The van der Waals surface area contributed by atoms with Gasteiger partial charge in [-0.2, -0.15) is 0 Å². The zero-order chi connectivity index (χ0) is 9.86. The highest BCUT2D eigenvalue weighted by Gasteiger charge is 2.35. The van der Waals surface area contributed by atoms with Crippen LogP contribution in [0.15, 0.2) is 24.3 Å². The molecule has 14 heavy (non-hydrogen) atoms. The molecule has 0 saturated carbocycles. The maximum absolute atomic E-state index is 5.82. The van der Waals surface area contributed by atoms with Crippen molar-refractivity contribution < 1.29 is 9.47 Å². The average Bonchev–Trinajstić information content (AvgIpc) is 2.47. The predicted molar refractivity (Wildman–Crippen MR) is 56.2 cm³/mol. The summed E-state index contributed by atoms with van der Waals surface area (Å²) in [6.07, 6.45) is 12.0. The molecule has 2 heterocycles. The number of hydrogen-bond donors (Lipinski definition) is 0. The van der Waals surface area contributed by atoms with E-state index in [-0.39, 0.29) is 11.7 Å². The first-order chi connectivity index (χ1) is 6.81. The van der Waals surface area contributed by atoms with E-state index in [1.54, 1.807) is 0 Å². The van der Waals surface area contributed by atoms with Crippen molar-refractivity contribution in [2.75, 3.05) is 13.2 Å². The van der Waals surface area contributed by atoms with Gasteiger partial charge in [-0.1, -0.05) is 24.3 Å². The number of hydrogen-bond acceptors (Lipinski definition) is 2. The molecule has 0 aromatic rings. The zero-order valence-electron chi connectivity index (χ0n) is 8.74. The van der Waals surface area contributed by atoms with Crippen LogP contribution in [-0.4, -0.2) is 24.9 Å². The fourth-order valence-electron chi connectivity index (χ4n) is 2.08. The topological polar surface area (TPSA) is 18.5 Å². The molecule has 0 radical (unpaired) electrons. The highest BCUT2D eigenvalue weighted by molar-refractivity contribution is 5.01. The predicted octanol–water partition coefficient (Wildman–Crippen LogP) is 2.46. The van der Waals surface area contributed by atoms with E-state index < -0.39 is 0 Å². The number of allylic oxidation sites excluding steroid dienone is 1. The monoisotopic (exact) mass is 194 g/mol. The SMILES string of the molecule is CC1(C2CCC=CCO2)CC=CCO1. The molecule has 0 N–H and O–H groups in total. The Labute approximate surface area is 85.6 Å². The van der Waals surface area contributed by atoms with Crippen LogP contribution in [0.25, 0.3) is 0 Å². The molecule has 2 rings (SSSR count). The van der Waals surface area contributed by atoms with Crippen molar-refractivity contribution in [1.29, 1.82) is 0 Å². The average molecular weight is 194 g/mol. The van der Waals surface area contributed by atoms with E-state index in [4.69, 9.17) is 9.47 Å². The first-order valence-electron chi connectivity index (χ1n) is 5.37. The Hall–Kier alpha value is -0.600. The second kappa shape index (κ2) is 4.28. The Kier molecular flexibility index (Phi) is 3.04. The maximum Gasteiger partial charge on any atom is 0.0953 e. The molecule has 0 saturated heterocycles. The Morgan fingerprint density at radius 2 is 2.00 bits per heavy atom. The number of ether oxygens (including phenoxy) is 2. The molecule has 0 bridgehead atoms. The Morgan fingerprint density at radius 3 is 2.79 bits per heavy atom. The molecule has 2 unspecified atom stereocenters. The van der Waals surface area contributed by atoms with Crippen molar-refractivity contribution in [2.45, 2.75) is 37.9 Å². The molecule has 0 amide bonds. The van der Waals surface area contributed by atoms with E-state index >= 15 is 0 Å². The van der Waals surface area contributed by atoms with Gasteiger partial charge in [0, 0.05) is 0 Å². The van der Waals surface area contributed by atoms with E-state index in [2.05, 4.69) is 31.2 Å². The van der Waals surface area contributed by atoms with Crippen LogP contribution < -0.4 is 0 Å². The van der Waals surface area contributed by atoms with Crippen LogP contribution >= 0.6 is 0 Å². The van der Waals surface area contributed by atoms with Crippen LogP contribution in [-0.2, 0) is 9.47 Å². The van der Waals surface area contributed by atoms with Gasteiger partial charge in [-0.15, -0.1) is 0 Å². The summed E-state index contributed by atoms with van der Waals surface area (Å²) in [4.78, 5) is 0. The van der Waals surface area contributed by atoms with E-state index in [9.17, 15) is 0 Å². The van der Waals surface area contributed by atoms with Gasteiger partial charge < -0.3 is 9.47 Å². The minimum Gasteiger partial charge on any atom is -0.371 e. The summed E-state index contributed by atoms with van der Waals surface area (Å²) in [6.45, 7) is 3.61. The van der Waals surface area contributed by atoms with Crippen LogP contribution in [0, 0.1) is 0 Å². The van der Waals surface area contributed by atoms with E-state index in [0.29, 0.717) is 0 Å². The molecule has 2 aliphatic rings. The molecule has 2 nitrogen and oxygen atoms in total. The van der Waals surface area contributed by atoms with Crippen molar-refractivity contribution in [3.63, 3.8) is 0 Å². The maximum atomic E-state index is 5.82. The van der Waals surface area contributed by atoms with Crippen molar-refractivity contribution >= 4 is 0 Å². The molecule has 2 atom stereocenters. The van der Waals surface area contributed by atoms with Gasteiger partial charge >= 0.3 is 0 Å². The third kappa shape index (κ3) is 2.07. The third-order valence-electron chi connectivity index (χ3n) is 3.04. The molecule has 0 aromatic carbocycles. The third-order valence-corrected chi connectivity index (χ3v) is 3.04. The van der Waals surface area contributed by atoms with Crippen molar-refractivity contribution in [1.82, 2.24) is 0 Å². The lowest BCUT2D eigenvalue weighted by Gasteiger charge is -2.37. The Morgan fingerprint density at radius 1 is 1.14 bits per heavy atom. The van der Waals surface area contributed by atoms with Crippen LogP contribution in [0.1, 0.15) is 26.2 Å². The van der Waals surface area contributed by atoms with Gasteiger partial charge in [0.1, 0.15) is 0 Å². The van der Waals surface area contributed by atoms with E-state index in [1.165, 1.54) is 0 Å². The van der Waals surface area contributed by atoms with Crippen LogP contribution in [0.4, 0.5) is 0 Å². The standard InChI is InChI=1S/C12H18O2/c1-12(8-4-6-10-14-12)11-7-3-2-5-9-13-11/h2,4-6,11H,3,7-10H2,1H3. The van der Waals surface area contributed by atoms with Gasteiger partial charge in [-0.25, -0.2) is 0 Å². The summed E-state index contributed by atoms with van der Waals surface area (Å²) in [5.41, 5.74) is -0.110. The summed E-state index contributed by atoms with van der Waals surface area (Å²) in [5.74, 6) is 0. The molecule has 0 aliphatic carbocycles. The zero-order valence-corrected chi connectivity index (χ0v) is 8.74. The molecular weight excluding hydrogens is 176 g/mol. The molecule has 0 fully saturated rings. The second-order valence-electron chi connectivity index (χ2n) is 4.17. The first kappa shape index (κ1) is 9.94. The van der Waals surface area contributed by atoms with Gasteiger partial charge in [-0.05, 0) is 26.2 Å². The summed E-state index contributed by atoms with van der Waals surface area (Å²) in [6, 6.07) is 0. The van der Waals surface area contributed by atoms with Gasteiger partial charge in [-0.3, -0.25) is 0 Å². The molecular formula is C12H18O2. The molecule has 2 aliphatic heterocycles. The normalized spacial score (nSPS) is 38.2. The van der Waals surface area contributed by atoms with Crippen molar-refractivity contribution in [3.8, 4) is 0 Å². The fraction of sp³-hybridized carbons (Fsp3) is 0.667. The lowest BCUT2D eigenvalue weighted by Crippen LogP contribution is -2.44. The molecule has 0 aromatic heterocycles.